The molecule has 3 aromatic rings. The summed E-state index contributed by atoms with van der Waals surface area (Å²) in [6, 6.07) is 13.5. The minimum absolute atomic E-state index is 0.138. The van der Waals surface area contributed by atoms with Crippen molar-refractivity contribution in [3.8, 4) is 17.1 Å². The fraction of sp³-hybridized carbons (Fsp3) is 0.333. The van der Waals surface area contributed by atoms with Crippen LogP contribution in [0.3, 0.4) is 0 Å². The maximum Gasteiger partial charge on any atom is 0.255 e. The quantitative estimate of drug-likeness (QED) is 0.686. The number of aryl methyl sites for hydroxylation is 1. The molecule has 4 rings (SSSR count). The summed E-state index contributed by atoms with van der Waals surface area (Å²) in [4.78, 5) is 15.2. The van der Waals surface area contributed by atoms with Crippen LogP contribution in [0.5, 0.6) is 0 Å². The van der Waals surface area contributed by atoms with Gasteiger partial charge in [0.2, 0.25) is 0 Å². The first-order valence-electron chi connectivity index (χ1n) is 9.64. The Bertz CT molecular complexity index is 925. The monoisotopic (exact) mass is 379 g/mol. The van der Waals surface area contributed by atoms with Gasteiger partial charge in [-0.3, -0.25) is 9.69 Å². The zero-order valence-corrected chi connectivity index (χ0v) is 16.0. The minimum atomic E-state index is -0.138. The molecular weight excluding hydrogens is 354 g/mol. The summed E-state index contributed by atoms with van der Waals surface area (Å²) in [7, 11) is 0. The number of rotatable bonds is 6. The number of nitrogens with one attached hydrogen (secondary N) is 2. The highest BCUT2D eigenvalue weighted by Crippen LogP contribution is 2.25. The maximum atomic E-state index is 12.9. The molecule has 2 aromatic heterocycles. The molecule has 1 aromatic carbocycles. The van der Waals surface area contributed by atoms with Gasteiger partial charge in [0.1, 0.15) is 11.5 Å². The van der Waals surface area contributed by atoms with E-state index < -0.39 is 0 Å². The van der Waals surface area contributed by atoms with Crippen LogP contribution in [0.4, 0.5) is 0 Å². The van der Waals surface area contributed by atoms with Gasteiger partial charge < -0.3 is 15.1 Å². The molecule has 0 radical (unpaired) electrons. The molecule has 1 aliphatic heterocycles. The van der Waals surface area contributed by atoms with Crippen molar-refractivity contribution >= 4 is 5.91 Å². The van der Waals surface area contributed by atoms with Crippen LogP contribution in [0.25, 0.3) is 17.1 Å². The van der Waals surface area contributed by atoms with Crippen LogP contribution in [0, 0.1) is 6.92 Å². The van der Waals surface area contributed by atoms with E-state index in [1.807, 2.05) is 49.4 Å². The number of nitrogens with zero attached hydrogens (tertiary/aromatic N) is 3. The molecule has 3 heterocycles. The van der Waals surface area contributed by atoms with Crippen molar-refractivity contribution in [3.05, 3.63) is 60.0 Å². The molecule has 7 nitrogen and oxygen atoms in total. The second kappa shape index (κ2) is 8.41. The molecule has 0 saturated carbocycles. The number of hydrogen-bond donors (Lipinski definition) is 2. The highest BCUT2D eigenvalue weighted by molar-refractivity contribution is 5.99. The van der Waals surface area contributed by atoms with E-state index in [0.717, 1.165) is 44.2 Å². The van der Waals surface area contributed by atoms with Crippen molar-refractivity contribution in [1.29, 1.82) is 0 Å². The number of para-hydroxylation sites is 1. The van der Waals surface area contributed by atoms with Crippen molar-refractivity contribution < 1.29 is 9.21 Å². The highest BCUT2D eigenvalue weighted by atomic mass is 16.3. The molecule has 1 amide bonds. The molecule has 1 saturated heterocycles. The van der Waals surface area contributed by atoms with Gasteiger partial charge in [-0.15, -0.1) is 0 Å². The molecule has 28 heavy (non-hydrogen) atoms. The Morgan fingerprint density at radius 1 is 1.18 bits per heavy atom. The SMILES string of the molecule is Cc1ccc(-c2nn(-c3ccccc3)cc2C(=O)NCCN2CCNCC2)o1. The summed E-state index contributed by atoms with van der Waals surface area (Å²) >= 11 is 0. The standard InChI is InChI=1S/C21H25N5O2/c1-16-7-8-19(28-16)20-18(15-26(24-20)17-5-3-2-4-6-17)21(27)23-11-14-25-12-9-22-10-13-25/h2-8,15,22H,9-14H2,1H3,(H,23,27). The Kier molecular flexibility index (Phi) is 5.55. The van der Waals surface area contributed by atoms with E-state index in [-0.39, 0.29) is 5.91 Å². The zero-order valence-electron chi connectivity index (χ0n) is 16.0. The molecule has 0 spiro atoms. The van der Waals surface area contributed by atoms with Gasteiger partial charge in [0.15, 0.2) is 5.76 Å². The largest absolute Gasteiger partial charge is 0.460 e. The summed E-state index contributed by atoms with van der Waals surface area (Å²) in [5.74, 6) is 1.25. The van der Waals surface area contributed by atoms with Crippen molar-refractivity contribution in [3.63, 3.8) is 0 Å². The lowest BCUT2D eigenvalue weighted by atomic mass is 10.2. The zero-order chi connectivity index (χ0) is 19.3. The summed E-state index contributed by atoms with van der Waals surface area (Å²) in [5, 5.41) is 11.0. The number of amides is 1. The first-order valence-corrected chi connectivity index (χ1v) is 9.64. The fourth-order valence-electron chi connectivity index (χ4n) is 3.35. The summed E-state index contributed by atoms with van der Waals surface area (Å²) in [6.07, 6.45) is 1.77. The van der Waals surface area contributed by atoms with Crippen LogP contribution in [-0.2, 0) is 0 Å². The van der Waals surface area contributed by atoms with E-state index in [1.165, 1.54) is 0 Å². The molecule has 146 valence electrons. The van der Waals surface area contributed by atoms with Gasteiger partial charge in [0, 0.05) is 45.5 Å². The van der Waals surface area contributed by atoms with Gasteiger partial charge in [-0.1, -0.05) is 18.2 Å². The van der Waals surface area contributed by atoms with Gasteiger partial charge in [0.05, 0.1) is 11.3 Å². The number of furan rings is 1. The lowest BCUT2D eigenvalue weighted by Gasteiger charge is -2.27. The summed E-state index contributed by atoms with van der Waals surface area (Å²) in [6.45, 7) is 7.35. The molecular formula is C21H25N5O2. The third kappa shape index (κ3) is 4.16. The Morgan fingerprint density at radius 2 is 1.96 bits per heavy atom. The first kappa shape index (κ1) is 18.5. The number of carbonyl (C=O) groups is 1. The number of carbonyl (C=O) groups excluding carboxylic acids is 1. The third-order valence-electron chi connectivity index (χ3n) is 4.88. The van der Waals surface area contributed by atoms with Crippen molar-refractivity contribution in [2.75, 3.05) is 39.3 Å². The average molecular weight is 379 g/mol. The van der Waals surface area contributed by atoms with Crippen LogP contribution >= 0.6 is 0 Å². The molecule has 1 fully saturated rings. The van der Waals surface area contributed by atoms with Gasteiger partial charge >= 0.3 is 0 Å². The minimum Gasteiger partial charge on any atom is -0.460 e. The molecule has 1 aliphatic rings. The molecule has 0 unspecified atom stereocenters. The Hall–Kier alpha value is -2.90. The molecule has 2 N–H and O–H groups in total. The number of benzene rings is 1. The first-order chi connectivity index (χ1) is 13.7. The predicted molar refractivity (Wildman–Crippen MR) is 108 cm³/mol. The smallest absolute Gasteiger partial charge is 0.255 e. The highest BCUT2D eigenvalue weighted by Gasteiger charge is 2.21. The topological polar surface area (TPSA) is 75.3 Å². The van der Waals surface area contributed by atoms with Gasteiger partial charge in [-0.2, -0.15) is 5.10 Å². The molecule has 0 bridgehead atoms. The second-order valence-electron chi connectivity index (χ2n) is 6.93. The molecule has 0 aliphatic carbocycles. The Morgan fingerprint density at radius 3 is 2.68 bits per heavy atom. The van der Waals surface area contributed by atoms with E-state index >= 15 is 0 Å². The summed E-state index contributed by atoms with van der Waals surface area (Å²) < 4.78 is 7.46. The number of aromatic nitrogens is 2. The molecule has 7 heteroatoms. The Balaban J connectivity index is 1.53. The van der Waals surface area contributed by atoms with Gasteiger partial charge in [0.25, 0.3) is 5.91 Å². The lowest BCUT2D eigenvalue weighted by molar-refractivity contribution is 0.0947. The van der Waals surface area contributed by atoms with E-state index in [0.29, 0.717) is 23.6 Å². The van der Waals surface area contributed by atoms with Crippen molar-refractivity contribution in [1.82, 2.24) is 25.3 Å². The lowest BCUT2D eigenvalue weighted by Crippen LogP contribution is -2.46. The molecule has 0 atom stereocenters. The summed E-state index contributed by atoms with van der Waals surface area (Å²) in [5.41, 5.74) is 1.96. The van der Waals surface area contributed by atoms with Crippen LogP contribution in [0.1, 0.15) is 16.1 Å². The van der Waals surface area contributed by atoms with Crippen LogP contribution < -0.4 is 10.6 Å². The Labute approximate surface area is 164 Å². The van der Waals surface area contributed by atoms with Crippen molar-refractivity contribution in [2.45, 2.75) is 6.92 Å². The number of piperazine rings is 1. The normalized spacial score (nSPS) is 14.9. The van der Waals surface area contributed by atoms with Crippen LogP contribution in [0.15, 0.2) is 53.1 Å². The van der Waals surface area contributed by atoms with Gasteiger partial charge in [-0.05, 0) is 31.2 Å². The average Bonchev–Trinajstić information content (AvgIpc) is 3.36. The fourth-order valence-corrected chi connectivity index (χ4v) is 3.35. The van der Waals surface area contributed by atoms with Gasteiger partial charge in [-0.25, -0.2) is 4.68 Å². The van der Waals surface area contributed by atoms with Crippen LogP contribution in [-0.4, -0.2) is 59.9 Å². The van der Waals surface area contributed by atoms with Crippen LogP contribution in [0.2, 0.25) is 0 Å². The predicted octanol–water partition coefficient (Wildman–Crippen LogP) is 2.08. The second-order valence-corrected chi connectivity index (χ2v) is 6.93. The third-order valence-corrected chi connectivity index (χ3v) is 4.88. The van der Waals surface area contributed by atoms with E-state index in [2.05, 4.69) is 20.6 Å². The van der Waals surface area contributed by atoms with Crippen molar-refractivity contribution in [2.24, 2.45) is 0 Å². The van der Waals surface area contributed by atoms with E-state index in [4.69, 9.17) is 4.42 Å². The number of hydrogen-bond acceptors (Lipinski definition) is 5. The van der Waals surface area contributed by atoms with E-state index in [1.54, 1.807) is 10.9 Å². The maximum absolute atomic E-state index is 12.9. The van der Waals surface area contributed by atoms with E-state index in [9.17, 15) is 4.79 Å².